The summed E-state index contributed by atoms with van der Waals surface area (Å²) in [5, 5.41) is 0. The number of amides is 2. The molecule has 34 heavy (non-hydrogen) atoms. The number of hydrogen-bond acceptors (Lipinski definition) is 5. The minimum Gasteiger partial charge on any atom is -0.493 e. The van der Waals surface area contributed by atoms with Crippen LogP contribution < -0.4 is 18.7 Å². The molecule has 1 aliphatic heterocycles. The van der Waals surface area contributed by atoms with Gasteiger partial charge in [-0.2, -0.15) is 4.31 Å². The number of hydrogen-bond donors (Lipinski definition) is 0. The molecule has 178 valence electrons. The van der Waals surface area contributed by atoms with Crippen molar-refractivity contribution in [3.05, 3.63) is 77.9 Å². The van der Waals surface area contributed by atoms with Gasteiger partial charge >= 0.3 is 6.03 Å². The highest BCUT2D eigenvalue weighted by Crippen LogP contribution is 2.40. The number of fused-ring (bicyclic) bond motifs is 1. The number of benzene rings is 3. The van der Waals surface area contributed by atoms with Gasteiger partial charge in [0.15, 0.2) is 11.5 Å². The Kier molecular flexibility index (Phi) is 6.03. The fourth-order valence-corrected chi connectivity index (χ4v) is 5.54. The van der Waals surface area contributed by atoms with E-state index in [0.29, 0.717) is 17.2 Å². The predicted octanol–water partition coefficient (Wildman–Crippen LogP) is 5.34. The van der Waals surface area contributed by atoms with Gasteiger partial charge in [0, 0.05) is 6.07 Å². The summed E-state index contributed by atoms with van der Waals surface area (Å²) < 4.78 is 38.5. The van der Waals surface area contributed by atoms with Crippen molar-refractivity contribution in [2.75, 3.05) is 23.4 Å². The van der Waals surface area contributed by atoms with Crippen molar-refractivity contribution < 1.29 is 22.7 Å². The lowest BCUT2D eigenvalue weighted by Gasteiger charge is -2.36. The molecule has 0 fully saturated rings. The lowest BCUT2D eigenvalue weighted by molar-refractivity contribution is 0.253. The minimum atomic E-state index is -4.14. The molecule has 2 amide bonds. The Labute approximate surface area is 200 Å². The standard InChI is InChI=1S/C26H28N2O5S/c1-26(2,3)19-12-10-18(11-13-19)17-27-21-8-6-7-9-24(21)34(30,31)28(25(27)29)20-14-15-22(32-4)23(16-20)33-5/h6-16H,17H2,1-5H3. The van der Waals surface area contributed by atoms with Crippen LogP contribution in [0.4, 0.5) is 16.2 Å². The quantitative estimate of drug-likeness (QED) is 0.493. The molecule has 1 heterocycles. The van der Waals surface area contributed by atoms with Crippen molar-refractivity contribution in [1.82, 2.24) is 0 Å². The Morgan fingerprint density at radius 3 is 2.12 bits per heavy atom. The van der Waals surface area contributed by atoms with Crippen molar-refractivity contribution in [3.63, 3.8) is 0 Å². The summed E-state index contributed by atoms with van der Waals surface area (Å²) >= 11 is 0. The van der Waals surface area contributed by atoms with Crippen LogP contribution in [-0.4, -0.2) is 28.7 Å². The van der Waals surface area contributed by atoms with Crippen LogP contribution in [-0.2, 0) is 22.0 Å². The molecule has 0 N–H and O–H groups in total. The van der Waals surface area contributed by atoms with Crippen LogP contribution in [0.5, 0.6) is 11.5 Å². The number of carbonyl (C=O) groups excluding carboxylic acids is 1. The highest BCUT2D eigenvalue weighted by molar-refractivity contribution is 7.94. The third-order valence-electron chi connectivity index (χ3n) is 5.84. The number of nitrogens with zero attached hydrogens (tertiary/aromatic N) is 2. The largest absolute Gasteiger partial charge is 0.493 e. The van der Waals surface area contributed by atoms with Crippen LogP contribution in [0.2, 0.25) is 0 Å². The van der Waals surface area contributed by atoms with Gasteiger partial charge in [-0.25, -0.2) is 13.2 Å². The number of methoxy groups -OCH3 is 2. The van der Waals surface area contributed by atoms with Crippen LogP contribution >= 0.6 is 0 Å². The van der Waals surface area contributed by atoms with Gasteiger partial charge in [-0.1, -0.05) is 57.2 Å². The molecule has 0 spiro atoms. The molecule has 3 aromatic rings. The maximum atomic E-state index is 13.7. The number of ether oxygens (including phenoxy) is 2. The maximum absolute atomic E-state index is 13.7. The molecule has 4 rings (SSSR count). The second-order valence-electron chi connectivity index (χ2n) is 9.09. The first-order valence-electron chi connectivity index (χ1n) is 10.8. The first-order chi connectivity index (χ1) is 16.1. The third-order valence-corrected chi connectivity index (χ3v) is 7.59. The summed E-state index contributed by atoms with van der Waals surface area (Å²) in [5.74, 6) is 0.760. The number of carbonyl (C=O) groups is 1. The molecular weight excluding hydrogens is 452 g/mol. The summed E-state index contributed by atoms with van der Waals surface area (Å²) in [5.41, 5.74) is 2.60. The van der Waals surface area contributed by atoms with Crippen molar-refractivity contribution >= 4 is 27.4 Å². The summed E-state index contributed by atoms with van der Waals surface area (Å²) in [6.45, 7) is 6.63. The molecule has 0 aromatic heterocycles. The predicted molar refractivity (Wildman–Crippen MR) is 132 cm³/mol. The molecule has 0 saturated heterocycles. The van der Waals surface area contributed by atoms with E-state index in [2.05, 4.69) is 20.8 Å². The highest BCUT2D eigenvalue weighted by atomic mass is 32.2. The summed E-state index contributed by atoms with van der Waals surface area (Å²) in [6, 6.07) is 18.5. The number of rotatable bonds is 5. The molecule has 7 nitrogen and oxygen atoms in total. The maximum Gasteiger partial charge on any atom is 0.343 e. The van der Waals surface area contributed by atoms with Gasteiger partial charge in [0.05, 0.1) is 32.1 Å². The third kappa shape index (κ3) is 4.09. The molecule has 0 unspecified atom stereocenters. The van der Waals surface area contributed by atoms with Gasteiger partial charge in [0.2, 0.25) is 0 Å². The van der Waals surface area contributed by atoms with E-state index in [9.17, 15) is 13.2 Å². The SMILES string of the molecule is COc1ccc(N2C(=O)N(Cc3ccc(C(C)(C)C)cc3)c3ccccc3S2(=O)=O)cc1OC. The lowest BCUT2D eigenvalue weighted by Crippen LogP contribution is -2.50. The highest BCUT2D eigenvalue weighted by Gasteiger charge is 2.42. The molecule has 3 aromatic carbocycles. The Balaban J connectivity index is 1.80. The first kappa shape index (κ1) is 23.6. The average Bonchev–Trinajstić information content (AvgIpc) is 2.81. The molecule has 0 atom stereocenters. The van der Waals surface area contributed by atoms with E-state index >= 15 is 0 Å². The molecule has 1 aliphatic rings. The molecule has 0 radical (unpaired) electrons. The van der Waals surface area contributed by atoms with Crippen LogP contribution in [0.25, 0.3) is 0 Å². The second kappa shape index (κ2) is 8.68. The zero-order chi connectivity index (χ0) is 24.7. The van der Waals surface area contributed by atoms with E-state index in [0.717, 1.165) is 9.87 Å². The van der Waals surface area contributed by atoms with Gasteiger partial charge < -0.3 is 9.47 Å². The van der Waals surface area contributed by atoms with Gasteiger partial charge in [-0.3, -0.25) is 4.90 Å². The van der Waals surface area contributed by atoms with Crippen molar-refractivity contribution in [2.24, 2.45) is 0 Å². The molecule has 8 heteroatoms. The Morgan fingerprint density at radius 1 is 0.853 bits per heavy atom. The molecule has 0 bridgehead atoms. The van der Waals surface area contributed by atoms with E-state index in [-0.39, 0.29) is 22.5 Å². The monoisotopic (exact) mass is 480 g/mol. The van der Waals surface area contributed by atoms with Crippen LogP contribution in [0.3, 0.4) is 0 Å². The van der Waals surface area contributed by atoms with E-state index in [1.54, 1.807) is 24.3 Å². The molecule has 0 aliphatic carbocycles. The first-order valence-corrected chi connectivity index (χ1v) is 12.3. The average molecular weight is 481 g/mol. The molecule has 0 saturated carbocycles. The van der Waals surface area contributed by atoms with Gasteiger partial charge in [-0.15, -0.1) is 0 Å². The van der Waals surface area contributed by atoms with E-state index in [1.807, 2.05) is 24.3 Å². The van der Waals surface area contributed by atoms with Crippen molar-refractivity contribution in [3.8, 4) is 11.5 Å². The smallest absolute Gasteiger partial charge is 0.343 e. The fraction of sp³-hybridized carbons (Fsp3) is 0.269. The summed E-state index contributed by atoms with van der Waals surface area (Å²) in [7, 11) is -1.19. The Morgan fingerprint density at radius 2 is 1.50 bits per heavy atom. The zero-order valence-electron chi connectivity index (χ0n) is 19.9. The number of para-hydroxylation sites is 1. The number of urea groups is 1. The zero-order valence-corrected chi connectivity index (χ0v) is 20.7. The van der Waals surface area contributed by atoms with Crippen molar-refractivity contribution in [1.29, 1.82) is 0 Å². The van der Waals surface area contributed by atoms with Gasteiger partial charge in [0.1, 0.15) is 4.90 Å². The van der Waals surface area contributed by atoms with Crippen LogP contribution in [0, 0.1) is 0 Å². The minimum absolute atomic E-state index is 0.00434. The van der Waals surface area contributed by atoms with Gasteiger partial charge in [0.25, 0.3) is 10.0 Å². The Hall–Kier alpha value is -3.52. The van der Waals surface area contributed by atoms with E-state index in [4.69, 9.17) is 9.47 Å². The normalized spacial score (nSPS) is 15.1. The van der Waals surface area contributed by atoms with Crippen molar-refractivity contribution in [2.45, 2.75) is 37.6 Å². The van der Waals surface area contributed by atoms with Gasteiger partial charge in [-0.05, 0) is 40.8 Å². The molecular formula is C26H28N2O5S. The van der Waals surface area contributed by atoms with Crippen LogP contribution in [0.1, 0.15) is 31.9 Å². The number of sulfonamides is 1. The summed E-state index contributed by atoms with van der Waals surface area (Å²) in [4.78, 5) is 15.2. The Bertz CT molecular complexity index is 1330. The topological polar surface area (TPSA) is 76.2 Å². The van der Waals surface area contributed by atoms with E-state index in [1.165, 1.54) is 42.9 Å². The lowest BCUT2D eigenvalue weighted by atomic mass is 9.87. The summed E-state index contributed by atoms with van der Waals surface area (Å²) in [6.07, 6.45) is 0. The second-order valence-corrected chi connectivity index (χ2v) is 10.8. The number of anilines is 2. The van der Waals surface area contributed by atoms with E-state index < -0.39 is 16.1 Å². The fourth-order valence-electron chi connectivity index (χ4n) is 3.96. The van der Waals surface area contributed by atoms with Crippen LogP contribution in [0.15, 0.2) is 71.6 Å².